The highest BCUT2D eigenvalue weighted by Crippen LogP contribution is 2.23. The monoisotopic (exact) mass is 239 g/mol. The lowest BCUT2D eigenvalue weighted by Crippen LogP contribution is -2.44. The van der Waals surface area contributed by atoms with E-state index in [1.54, 1.807) is 0 Å². The van der Waals surface area contributed by atoms with E-state index in [4.69, 9.17) is 9.26 Å². The van der Waals surface area contributed by atoms with Crippen molar-refractivity contribution in [2.24, 2.45) is 0 Å². The van der Waals surface area contributed by atoms with E-state index in [2.05, 4.69) is 29.3 Å². The summed E-state index contributed by atoms with van der Waals surface area (Å²) >= 11 is 0. The third-order valence-electron chi connectivity index (χ3n) is 3.04. The van der Waals surface area contributed by atoms with Crippen molar-refractivity contribution >= 4 is 0 Å². The molecule has 2 heterocycles. The first-order valence-corrected chi connectivity index (χ1v) is 6.22. The van der Waals surface area contributed by atoms with Crippen LogP contribution < -0.4 is 5.32 Å². The predicted octanol–water partition coefficient (Wildman–Crippen LogP) is 1.47. The van der Waals surface area contributed by atoms with Gasteiger partial charge in [0.2, 0.25) is 5.89 Å². The zero-order valence-corrected chi connectivity index (χ0v) is 10.8. The van der Waals surface area contributed by atoms with E-state index < -0.39 is 0 Å². The van der Waals surface area contributed by atoms with Gasteiger partial charge >= 0.3 is 0 Å². The van der Waals surface area contributed by atoms with Crippen LogP contribution in [0.15, 0.2) is 4.52 Å². The van der Waals surface area contributed by atoms with Gasteiger partial charge in [0, 0.05) is 25.6 Å². The molecule has 5 nitrogen and oxygen atoms in total. The summed E-state index contributed by atoms with van der Waals surface area (Å²) in [5.74, 6) is 1.41. The number of nitrogens with one attached hydrogen (secondary N) is 1. The predicted molar refractivity (Wildman–Crippen MR) is 63.8 cm³/mol. The van der Waals surface area contributed by atoms with Crippen molar-refractivity contribution in [2.45, 2.75) is 51.7 Å². The number of rotatable bonds is 4. The lowest BCUT2D eigenvalue weighted by atomic mass is 9.94. The molecule has 0 spiro atoms. The number of aromatic nitrogens is 2. The Kier molecular flexibility index (Phi) is 3.79. The molecule has 5 heteroatoms. The van der Waals surface area contributed by atoms with Gasteiger partial charge in [-0.05, 0) is 33.6 Å². The Morgan fingerprint density at radius 3 is 2.94 bits per heavy atom. The summed E-state index contributed by atoms with van der Waals surface area (Å²) < 4.78 is 10.8. The molecule has 1 atom stereocenters. The first kappa shape index (κ1) is 12.5. The molecule has 1 N–H and O–H groups in total. The topological polar surface area (TPSA) is 60.2 Å². The van der Waals surface area contributed by atoms with Crippen molar-refractivity contribution in [2.75, 3.05) is 13.2 Å². The van der Waals surface area contributed by atoms with Crippen molar-refractivity contribution in [1.29, 1.82) is 0 Å². The van der Waals surface area contributed by atoms with Gasteiger partial charge < -0.3 is 14.6 Å². The summed E-state index contributed by atoms with van der Waals surface area (Å²) in [7, 11) is 0. The molecule has 0 amide bonds. The Morgan fingerprint density at radius 2 is 2.29 bits per heavy atom. The largest absolute Gasteiger partial charge is 0.375 e. The van der Waals surface area contributed by atoms with E-state index in [1.165, 1.54) is 0 Å². The molecule has 1 fully saturated rings. The van der Waals surface area contributed by atoms with Crippen LogP contribution in [0, 0.1) is 6.92 Å². The second-order valence-corrected chi connectivity index (χ2v) is 5.24. The molecule has 1 unspecified atom stereocenters. The number of hydrogen-bond donors (Lipinski definition) is 1. The van der Waals surface area contributed by atoms with Gasteiger partial charge in [0.05, 0.1) is 5.60 Å². The Hall–Kier alpha value is -0.940. The minimum absolute atomic E-state index is 0.00298. The maximum absolute atomic E-state index is 5.68. The number of ether oxygens (including phenoxy) is 1. The minimum atomic E-state index is -0.00298. The second kappa shape index (κ2) is 5.14. The smallest absolute Gasteiger partial charge is 0.227 e. The van der Waals surface area contributed by atoms with Gasteiger partial charge in [-0.15, -0.1) is 0 Å². The molecule has 2 rings (SSSR count). The van der Waals surface area contributed by atoms with E-state index in [0.29, 0.717) is 17.8 Å². The van der Waals surface area contributed by atoms with E-state index in [1.807, 2.05) is 6.92 Å². The van der Waals surface area contributed by atoms with Gasteiger partial charge in [0.1, 0.15) is 0 Å². The maximum Gasteiger partial charge on any atom is 0.227 e. The van der Waals surface area contributed by atoms with E-state index in [-0.39, 0.29) is 5.60 Å². The van der Waals surface area contributed by atoms with Crippen molar-refractivity contribution in [3.05, 3.63) is 11.7 Å². The van der Waals surface area contributed by atoms with E-state index in [9.17, 15) is 0 Å². The van der Waals surface area contributed by atoms with Gasteiger partial charge in [-0.2, -0.15) is 4.98 Å². The SMILES string of the molecule is Cc1noc(CCNC2CCOC(C)(C)C2)n1. The fraction of sp³-hybridized carbons (Fsp3) is 0.833. The highest BCUT2D eigenvalue weighted by molar-refractivity contribution is 4.86. The maximum atomic E-state index is 5.68. The molecule has 0 aromatic carbocycles. The molecular formula is C12H21N3O2. The molecule has 17 heavy (non-hydrogen) atoms. The Labute approximate surface area is 102 Å². The van der Waals surface area contributed by atoms with Crippen LogP contribution in [-0.4, -0.2) is 34.9 Å². The summed E-state index contributed by atoms with van der Waals surface area (Å²) in [6, 6.07) is 0.530. The molecule has 1 aliphatic heterocycles. The lowest BCUT2D eigenvalue weighted by molar-refractivity contribution is -0.0627. The third kappa shape index (κ3) is 3.78. The third-order valence-corrected chi connectivity index (χ3v) is 3.04. The quantitative estimate of drug-likeness (QED) is 0.862. The average Bonchev–Trinajstić information content (AvgIpc) is 2.63. The molecule has 1 aliphatic rings. The summed E-state index contributed by atoms with van der Waals surface area (Å²) in [5.41, 5.74) is -0.00298. The molecular weight excluding hydrogens is 218 g/mol. The highest BCUT2D eigenvalue weighted by atomic mass is 16.5. The second-order valence-electron chi connectivity index (χ2n) is 5.24. The summed E-state index contributed by atoms with van der Waals surface area (Å²) in [6.45, 7) is 7.83. The number of aryl methyl sites for hydroxylation is 1. The van der Waals surface area contributed by atoms with Crippen LogP contribution in [0.25, 0.3) is 0 Å². The lowest BCUT2D eigenvalue weighted by Gasteiger charge is -2.35. The summed E-state index contributed by atoms with van der Waals surface area (Å²) in [6.07, 6.45) is 2.92. The van der Waals surface area contributed by atoms with E-state index in [0.717, 1.165) is 32.4 Å². The van der Waals surface area contributed by atoms with E-state index >= 15 is 0 Å². The van der Waals surface area contributed by atoms with Crippen molar-refractivity contribution in [3.8, 4) is 0 Å². The van der Waals surface area contributed by atoms with Crippen LogP contribution in [0.1, 0.15) is 38.4 Å². The molecule has 0 saturated carbocycles. The summed E-state index contributed by atoms with van der Waals surface area (Å²) in [5, 5.41) is 7.30. The van der Waals surface area contributed by atoms with Crippen LogP contribution in [-0.2, 0) is 11.2 Å². The fourth-order valence-electron chi connectivity index (χ4n) is 2.23. The van der Waals surface area contributed by atoms with Gasteiger partial charge in [-0.1, -0.05) is 5.16 Å². The standard InChI is InChI=1S/C12H21N3O2/c1-9-14-11(17-15-9)4-6-13-10-5-7-16-12(2,3)8-10/h10,13H,4-8H2,1-3H3. The zero-order valence-electron chi connectivity index (χ0n) is 10.8. The Morgan fingerprint density at radius 1 is 1.47 bits per heavy atom. The van der Waals surface area contributed by atoms with Crippen molar-refractivity contribution in [3.63, 3.8) is 0 Å². The minimum Gasteiger partial charge on any atom is -0.375 e. The molecule has 1 saturated heterocycles. The van der Waals surface area contributed by atoms with Crippen LogP contribution >= 0.6 is 0 Å². The van der Waals surface area contributed by atoms with Crippen LogP contribution in [0.5, 0.6) is 0 Å². The first-order chi connectivity index (χ1) is 8.05. The molecule has 0 radical (unpaired) electrons. The normalized spacial score (nSPS) is 23.8. The zero-order chi connectivity index (χ0) is 12.3. The molecule has 0 aliphatic carbocycles. The van der Waals surface area contributed by atoms with Crippen molar-refractivity contribution in [1.82, 2.24) is 15.5 Å². The molecule has 0 bridgehead atoms. The Balaban J connectivity index is 1.71. The Bertz CT molecular complexity index is 362. The van der Waals surface area contributed by atoms with Crippen LogP contribution in [0.2, 0.25) is 0 Å². The average molecular weight is 239 g/mol. The first-order valence-electron chi connectivity index (χ1n) is 6.22. The van der Waals surface area contributed by atoms with Gasteiger partial charge in [0.25, 0.3) is 0 Å². The number of nitrogens with zero attached hydrogens (tertiary/aromatic N) is 2. The summed E-state index contributed by atoms with van der Waals surface area (Å²) in [4.78, 5) is 4.18. The van der Waals surface area contributed by atoms with Crippen molar-refractivity contribution < 1.29 is 9.26 Å². The fourth-order valence-corrected chi connectivity index (χ4v) is 2.23. The highest BCUT2D eigenvalue weighted by Gasteiger charge is 2.28. The molecule has 1 aromatic heterocycles. The van der Waals surface area contributed by atoms with Crippen LogP contribution in [0.3, 0.4) is 0 Å². The molecule has 96 valence electrons. The van der Waals surface area contributed by atoms with Gasteiger partial charge in [-0.3, -0.25) is 0 Å². The number of hydrogen-bond acceptors (Lipinski definition) is 5. The van der Waals surface area contributed by atoms with Crippen LogP contribution in [0.4, 0.5) is 0 Å². The molecule has 1 aromatic rings. The van der Waals surface area contributed by atoms with Gasteiger partial charge in [-0.25, -0.2) is 0 Å². The van der Waals surface area contributed by atoms with Gasteiger partial charge in [0.15, 0.2) is 5.82 Å².